The fraction of sp³-hybridized carbons (Fsp3) is 0.667. The minimum absolute atomic E-state index is 0.217. The number of nitrogens with one attached hydrogen (secondary N) is 1. The molecule has 3 N–H and O–H groups in total. The third kappa shape index (κ3) is 4.31. The number of hydrogen-bond acceptors (Lipinski definition) is 5. The molecule has 116 valence electrons. The first-order chi connectivity index (χ1) is 10.1. The van der Waals surface area contributed by atoms with Crippen molar-refractivity contribution in [1.29, 1.82) is 0 Å². The molecular formula is C15H25N5O. The van der Waals surface area contributed by atoms with E-state index in [0.29, 0.717) is 12.0 Å². The standard InChI is InChI=1S/C15H25N5O/c1-3-8-17-15-18-11(2)9-14(19-15)20(10-13(16)21)12-6-4-5-7-12/h9,12H,3-8,10H2,1-2H3,(H2,16,21)(H,17,18,19). The predicted octanol–water partition coefficient (Wildman–Crippen LogP) is 1.84. The number of rotatable bonds is 7. The lowest BCUT2D eigenvalue weighted by atomic mass is 10.2. The molecule has 1 amide bonds. The van der Waals surface area contributed by atoms with Gasteiger partial charge in [0.2, 0.25) is 11.9 Å². The van der Waals surface area contributed by atoms with Gasteiger partial charge >= 0.3 is 0 Å². The van der Waals surface area contributed by atoms with Crippen molar-refractivity contribution in [3.05, 3.63) is 11.8 Å². The van der Waals surface area contributed by atoms with Crippen LogP contribution in [0.15, 0.2) is 6.07 Å². The Bertz CT molecular complexity index is 485. The highest BCUT2D eigenvalue weighted by Gasteiger charge is 2.25. The topological polar surface area (TPSA) is 84.1 Å². The minimum Gasteiger partial charge on any atom is -0.368 e. The van der Waals surface area contributed by atoms with Gasteiger partial charge in [-0.2, -0.15) is 4.98 Å². The van der Waals surface area contributed by atoms with Crippen molar-refractivity contribution < 1.29 is 4.79 Å². The Labute approximate surface area is 126 Å². The van der Waals surface area contributed by atoms with Crippen molar-refractivity contribution in [2.45, 2.75) is 52.0 Å². The lowest BCUT2D eigenvalue weighted by molar-refractivity contribution is -0.116. The predicted molar refractivity (Wildman–Crippen MR) is 84.3 cm³/mol. The van der Waals surface area contributed by atoms with E-state index in [0.717, 1.165) is 37.3 Å². The van der Waals surface area contributed by atoms with Gasteiger partial charge in [0.15, 0.2) is 0 Å². The second kappa shape index (κ2) is 7.24. The summed E-state index contributed by atoms with van der Waals surface area (Å²) in [4.78, 5) is 22.4. The van der Waals surface area contributed by atoms with E-state index in [1.54, 1.807) is 0 Å². The molecule has 1 aliphatic carbocycles. The summed E-state index contributed by atoms with van der Waals surface area (Å²) in [5.41, 5.74) is 6.31. The Hall–Kier alpha value is -1.85. The Morgan fingerprint density at radius 2 is 2.14 bits per heavy atom. The van der Waals surface area contributed by atoms with Gasteiger partial charge in [-0.15, -0.1) is 0 Å². The van der Waals surface area contributed by atoms with E-state index >= 15 is 0 Å². The van der Waals surface area contributed by atoms with Crippen LogP contribution in [0.5, 0.6) is 0 Å². The van der Waals surface area contributed by atoms with Crippen LogP contribution in [0, 0.1) is 6.92 Å². The summed E-state index contributed by atoms with van der Waals surface area (Å²) < 4.78 is 0. The number of carbonyl (C=O) groups is 1. The van der Waals surface area contributed by atoms with Crippen LogP contribution in [0.2, 0.25) is 0 Å². The summed E-state index contributed by atoms with van der Waals surface area (Å²) in [6, 6.07) is 2.28. The first kappa shape index (κ1) is 15.5. The summed E-state index contributed by atoms with van der Waals surface area (Å²) in [5.74, 6) is 1.10. The summed E-state index contributed by atoms with van der Waals surface area (Å²) >= 11 is 0. The molecule has 0 unspecified atom stereocenters. The number of nitrogens with two attached hydrogens (primary N) is 1. The van der Waals surface area contributed by atoms with Gasteiger partial charge in [0.05, 0.1) is 6.54 Å². The molecule has 0 aliphatic heterocycles. The van der Waals surface area contributed by atoms with Gasteiger partial charge in [0.25, 0.3) is 0 Å². The van der Waals surface area contributed by atoms with Crippen molar-refractivity contribution in [2.24, 2.45) is 5.73 Å². The molecule has 0 saturated heterocycles. The van der Waals surface area contributed by atoms with E-state index in [1.165, 1.54) is 12.8 Å². The fourth-order valence-corrected chi connectivity index (χ4v) is 2.80. The quantitative estimate of drug-likeness (QED) is 0.801. The molecule has 0 radical (unpaired) electrons. The van der Waals surface area contributed by atoms with Gasteiger partial charge in [-0.25, -0.2) is 4.98 Å². The molecule has 1 aromatic heterocycles. The van der Waals surface area contributed by atoms with Crippen LogP contribution in [0.3, 0.4) is 0 Å². The summed E-state index contributed by atoms with van der Waals surface area (Å²) in [7, 11) is 0. The van der Waals surface area contributed by atoms with Crippen LogP contribution >= 0.6 is 0 Å². The fourth-order valence-electron chi connectivity index (χ4n) is 2.80. The average molecular weight is 291 g/mol. The Kier molecular flexibility index (Phi) is 5.36. The number of amides is 1. The number of aromatic nitrogens is 2. The molecule has 1 fully saturated rings. The maximum atomic E-state index is 11.4. The largest absolute Gasteiger partial charge is 0.368 e. The summed E-state index contributed by atoms with van der Waals surface area (Å²) in [6.07, 6.45) is 5.60. The van der Waals surface area contributed by atoms with E-state index in [9.17, 15) is 4.79 Å². The number of anilines is 2. The molecule has 0 aromatic carbocycles. The van der Waals surface area contributed by atoms with Crippen molar-refractivity contribution >= 4 is 17.7 Å². The van der Waals surface area contributed by atoms with Crippen LogP contribution < -0.4 is 16.0 Å². The molecule has 2 rings (SSSR count). The summed E-state index contributed by atoms with van der Waals surface area (Å²) in [6.45, 7) is 5.09. The maximum Gasteiger partial charge on any atom is 0.237 e. The van der Waals surface area contributed by atoms with E-state index in [4.69, 9.17) is 5.73 Å². The second-order valence-corrected chi connectivity index (χ2v) is 5.65. The zero-order valence-corrected chi connectivity index (χ0v) is 12.9. The van der Waals surface area contributed by atoms with Crippen molar-refractivity contribution in [3.8, 4) is 0 Å². The Morgan fingerprint density at radius 1 is 1.43 bits per heavy atom. The number of hydrogen-bond donors (Lipinski definition) is 2. The maximum absolute atomic E-state index is 11.4. The van der Waals surface area contributed by atoms with Gasteiger partial charge < -0.3 is 16.0 Å². The first-order valence-corrected chi connectivity index (χ1v) is 7.74. The van der Waals surface area contributed by atoms with Crippen molar-refractivity contribution in [2.75, 3.05) is 23.3 Å². The van der Waals surface area contributed by atoms with E-state index in [2.05, 4.69) is 22.2 Å². The highest BCUT2D eigenvalue weighted by Crippen LogP contribution is 2.27. The SMILES string of the molecule is CCCNc1nc(C)cc(N(CC(N)=O)C2CCCC2)n1. The van der Waals surface area contributed by atoms with Gasteiger partial charge in [-0.3, -0.25) is 4.79 Å². The van der Waals surface area contributed by atoms with Crippen molar-refractivity contribution in [3.63, 3.8) is 0 Å². The molecule has 0 atom stereocenters. The van der Waals surface area contributed by atoms with E-state index in [-0.39, 0.29) is 12.5 Å². The Morgan fingerprint density at radius 3 is 2.76 bits per heavy atom. The second-order valence-electron chi connectivity index (χ2n) is 5.65. The molecule has 1 saturated carbocycles. The lowest BCUT2D eigenvalue weighted by Crippen LogP contribution is -2.40. The lowest BCUT2D eigenvalue weighted by Gasteiger charge is -2.29. The van der Waals surface area contributed by atoms with Crippen LogP contribution in [-0.4, -0.2) is 35.0 Å². The highest BCUT2D eigenvalue weighted by molar-refractivity contribution is 5.79. The zero-order chi connectivity index (χ0) is 15.2. The molecule has 1 aliphatic rings. The molecular weight excluding hydrogens is 266 g/mol. The van der Waals surface area contributed by atoms with Gasteiger partial charge in [0.1, 0.15) is 5.82 Å². The van der Waals surface area contributed by atoms with Gasteiger partial charge in [-0.1, -0.05) is 19.8 Å². The van der Waals surface area contributed by atoms with Gasteiger partial charge in [-0.05, 0) is 26.2 Å². The van der Waals surface area contributed by atoms with Gasteiger partial charge in [0, 0.05) is 24.3 Å². The molecule has 6 nitrogen and oxygen atoms in total. The van der Waals surface area contributed by atoms with E-state index in [1.807, 2.05) is 17.9 Å². The highest BCUT2D eigenvalue weighted by atomic mass is 16.1. The normalized spacial score (nSPS) is 15.1. The monoisotopic (exact) mass is 291 g/mol. The van der Waals surface area contributed by atoms with Crippen LogP contribution in [0.1, 0.15) is 44.7 Å². The Balaban J connectivity index is 2.24. The zero-order valence-electron chi connectivity index (χ0n) is 12.9. The number of carbonyl (C=O) groups excluding carboxylic acids is 1. The van der Waals surface area contributed by atoms with E-state index < -0.39 is 0 Å². The smallest absolute Gasteiger partial charge is 0.237 e. The molecule has 21 heavy (non-hydrogen) atoms. The third-order valence-corrected chi connectivity index (χ3v) is 3.76. The number of primary amides is 1. The van der Waals surface area contributed by atoms with Crippen LogP contribution in [0.25, 0.3) is 0 Å². The molecule has 6 heteroatoms. The minimum atomic E-state index is -0.318. The molecule has 0 spiro atoms. The summed E-state index contributed by atoms with van der Waals surface area (Å²) in [5, 5.41) is 3.21. The number of nitrogens with zero attached hydrogens (tertiary/aromatic N) is 3. The van der Waals surface area contributed by atoms with Crippen molar-refractivity contribution in [1.82, 2.24) is 9.97 Å². The third-order valence-electron chi connectivity index (χ3n) is 3.76. The first-order valence-electron chi connectivity index (χ1n) is 7.74. The molecule has 1 heterocycles. The molecule has 1 aromatic rings. The average Bonchev–Trinajstić information content (AvgIpc) is 2.95. The molecule has 0 bridgehead atoms. The number of aryl methyl sites for hydroxylation is 1. The van der Waals surface area contributed by atoms with Crippen LogP contribution in [-0.2, 0) is 4.79 Å². The van der Waals surface area contributed by atoms with Crippen LogP contribution in [0.4, 0.5) is 11.8 Å².